The number of nitrogens with zero attached hydrogens (tertiary/aromatic N) is 4. The molecular weight excluding hydrogens is 329 g/mol. The third kappa shape index (κ3) is 2.82. The molecule has 4 atom stereocenters. The molecule has 0 saturated carbocycles. The van der Waals surface area contributed by atoms with Gasteiger partial charge in [-0.25, -0.2) is 9.37 Å². The van der Waals surface area contributed by atoms with Crippen molar-refractivity contribution in [2.45, 2.75) is 24.6 Å². The Balaban J connectivity index is 1.89. The highest BCUT2D eigenvalue weighted by atomic mass is 35.5. The first-order valence-electron chi connectivity index (χ1n) is 6.67. The van der Waals surface area contributed by atoms with E-state index in [-0.39, 0.29) is 35.5 Å². The number of terminal acetylenes is 1. The van der Waals surface area contributed by atoms with Crippen LogP contribution < -0.4 is 5.73 Å². The highest BCUT2D eigenvalue weighted by Gasteiger charge is 2.45. The van der Waals surface area contributed by atoms with E-state index in [0.717, 1.165) is 0 Å². The topological polar surface area (TPSA) is 108 Å². The molecule has 1 aliphatic heterocycles. The van der Waals surface area contributed by atoms with Gasteiger partial charge in [0.1, 0.15) is 24.3 Å². The van der Waals surface area contributed by atoms with Gasteiger partial charge in [-0.05, 0) is 11.6 Å². The quantitative estimate of drug-likeness (QED) is 0.468. The standard InChI is InChI=1S/C13H13ClFN5O3/c1-2-3-22-4-6-9(21)7(15)12(23-6)20-5-17-8-10(16)18-13(14)19-11(8)20/h1,5-7,9,12,21H,3-4H2,(H2,16,18,19)/t6-,7+,9-,12-/m1/s1. The number of hydrogen-bond acceptors (Lipinski definition) is 7. The lowest BCUT2D eigenvalue weighted by atomic mass is 10.1. The van der Waals surface area contributed by atoms with E-state index in [9.17, 15) is 9.50 Å². The van der Waals surface area contributed by atoms with Crippen molar-refractivity contribution >= 4 is 28.6 Å². The number of fused-ring (bicyclic) bond motifs is 1. The van der Waals surface area contributed by atoms with Crippen LogP contribution in [0.25, 0.3) is 11.2 Å². The summed E-state index contributed by atoms with van der Waals surface area (Å²) in [6, 6.07) is 0. The number of nitrogens with two attached hydrogens (primary N) is 1. The predicted molar refractivity (Wildman–Crippen MR) is 79.2 cm³/mol. The van der Waals surface area contributed by atoms with Crippen molar-refractivity contribution in [3.8, 4) is 12.3 Å². The highest BCUT2D eigenvalue weighted by molar-refractivity contribution is 6.28. The molecule has 3 rings (SSSR count). The molecular formula is C13H13ClFN5O3. The fourth-order valence-electron chi connectivity index (χ4n) is 2.40. The first kappa shape index (κ1) is 15.9. The molecule has 122 valence electrons. The molecule has 0 bridgehead atoms. The Kier molecular flexibility index (Phi) is 4.32. The molecule has 3 heterocycles. The third-order valence-electron chi connectivity index (χ3n) is 3.46. The zero-order chi connectivity index (χ0) is 16.6. The SMILES string of the molecule is C#CCOC[C@H]1O[C@@H](n2cnc3c(N)nc(Cl)nc32)[C@@H](F)[C@@H]1O. The van der Waals surface area contributed by atoms with Gasteiger partial charge in [-0.1, -0.05) is 5.92 Å². The monoisotopic (exact) mass is 341 g/mol. The van der Waals surface area contributed by atoms with E-state index < -0.39 is 24.6 Å². The van der Waals surface area contributed by atoms with Gasteiger partial charge < -0.3 is 20.3 Å². The summed E-state index contributed by atoms with van der Waals surface area (Å²) in [6.07, 6.45) is 1.29. The Bertz CT molecular complexity index is 764. The summed E-state index contributed by atoms with van der Waals surface area (Å²) in [5.41, 5.74) is 6.19. The molecule has 0 aromatic carbocycles. The molecule has 8 nitrogen and oxygen atoms in total. The fraction of sp³-hybridized carbons (Fsp3) is 0.462. The Hall–Kier alpha value is -1.99. The summed E-state index contributed by atoms with van der Waals surface area (Å²) in [5.74, 6) is 2.35. The number of nitrogen functional groups attached to an aromatic ring is 1. The molecule has 0 radical (unpaired) electrons. The minimum absolute atomic E-state index is 0.0349. The number of alkyl halides is 1. The van der Waals surface area contributed by atoms with E-state index in [4.69, 9.17) is 33.2 Å². The zero-order valence-electron chi connectivity index (χ0n) is 11.8. The number of ether oxygens (including phenoxy) is 2. The fourth-order valence-corrected chi connectivity index (χ4v) is 2.57. The molecule has 2 aromatic rings. The van der Waals surface area contributed by atoms with Crippen LogP contribution in [0.2, 0.25) is 5.28 Å². The van der Waals surface area contributed by atoms with E-state index in [1.165, 1.54) is 10.9 Å². The van der Waals surface area contributed by atoms with Crippen LogP contribution in [0.1, 0.15) is 6.23 Å². The van der Waals surface area contributed by atoms with E-state index in [2.05, 4.69) is 20.9 Å². The van der Waals surface area contributed by atoms with Gasteiger partial charge in [-0.15, -0.1) is 6.42 Å². The summed E-state index contributed by atoms with van der Waals surface area (Å²) in [6.45, 7) is 0.00830. The first-order chi connectivity index (χ1) is 11.0. The van der Waals surface area contributed by atoms with Crippen LogP contribution in [0.3, 0.4) is 0 Å². The third-order valence-corrected chi connectivity index (χ3v) is 3.63. The Morgan fingerprint density at radius 1 is 1.57 bits per heavy atom. The molecule has 1 aliphatic rings. The van der Waals surface area contributed by atoms with Gasteiger partial charge in [-0.2, -0.15) is 9.97 Å². The van der Waals surface area contributed by atoms with Crippen LogP contribution in [-0.2, 0) is 9.47 Å². The molecule has 0 aliphatic carbocycles. The summed E-state index contributed by atoms with van der Waals surface area (Å²) in [4.78, 5) is 11.8. The summed E-state index contributed by atoms with van der Waals surface area (Å²) in [7, 11) is 0. The van der Waals surface area contributed by atoms with Gasteiger partial charge in [0.05, 0.1) is 12.9 Å². The van der Waals surface area contributed by atoms with Crippen molar-refractivity contribution in [2.75, 3.05) is 18.9 Å². The van der Waals surface area contributed by atoms with Gasteiger partial charge in [0.25, 0.3) is 0 Å². The van der Waals surface area contributed by atoms with E-state index in [0.29, 0.717) is 0 Å². The predicted octanol–water partition coefficient (Wildman–Crippen LogP) is 0.308. The second-order valence-electron chi connectivity index (χ2n) is 4.92. The van der Waals surface area contributed by atoms with Crippen LogP contribution in [0.5, 0.6) is 0 Å². The van der Waals surface area contributed by atoms with Crippen molar-refractivity contribution in [3.05, 3.63) is 11.6 Å². The highest BCUT2D eigenvalue weighted by Crippen LogP contribution is 2.34. The maximum absolute atomic E-state index is 14.4. The second-order valence-corrected chi connectivity index (χ2v) is 5.26. The summed E-state index contributed by atoms with van der Waals surface area (Å²) in [5, 5.41) is 9.86. The number of rotatable bonds is 4. The maximum Gasteiger partial charge on any atom is 0.226 e. The average molecular weight is 342 g/mol. The lowest BCUT2D eigenvalue weighted by Crippen LogP contribution is -2.31. The molecule has 3 N–H and O–H groups in total. The number of aliphatic hydroxyl groups excluding tert-OH is 1. The molecule has 1 saturated heterocycles. The molecule has 1 fully saturated rings. The molecule has 10 heteroatoms. The van der Waals surface area contributed by atoms with Crippen molar-refractivity contribution in [1.29, 1.82) is 0 Å². The van der Waals surface area contributed by atoms with Crippen molar-refractivity contribution < 1.29 is 19.0 Å². The molecule has 0 unspecified atom stereocenters. The normalized spacial score (nSPS) is 27.4. The van der Waals surface area contributed by atoms with Crippen LogP contribution in [0.4, 0.5) is 10.2 Å². The molecule has 0 spiro atoms. The van der Waals surface area contributed by atoms with E-state index in [1.807, 2.05) is 0 Å². The number of halogens is 2. The Labute approximate surface area is 135 Å². The Morgan fingerprint density at radius 2 is 2.35 bits per heavy atom. The van der Waals surface area contributed by atoms with E-state index in [1.54, 1.807) is 0 Å². The number of aromatic nitrogens is 4. The second kappa shape index (κ2) is 6.25. The minimum Gasteiger partial charge on any atom is -0.387 e. The maximum atomic E-state index is 14.4. The summed E-state index contributed by atoms with van der Waals surface area (Å²) >= 11 is 5.77. The average Bonchev–Trinajstić information content (AvgIpc) is 3.04. The smallest absolute Gasteiger partial charge is 0.226 e. The molecule has 23 heavy (non-hydrogen) atoms. The van der Waals surface area contributed by atoms with Crippen molar-refractivity contribution in [3.63, 3.8) is 0 Å². The zero-order valence-corrected chi connectivity index (χ0v) is 12.5. The van der Waals surface area contributed by atoms with Crippen LogP contribution in [0.15, 0.2) is 6.33 Å². The number of hydrogen-bond donors (Lipinski definition) is 2. The van der Waals surface area contributed by atoms with Gasteiger partial charge in [0.2, 0.25) is 5.28 Å². The van der Waals surface area contributed by atoms with Crippen LogP contribution >= 0.6 is 11.6 Å². The number of imidazole rings is 1. The number of aliphatic hydroxyl groups is 1. The Morgan fingerprint density at radius 3 is 3.09 bits per heavy atom. The lowest BCUT2D eigenvalue weighted by molar-refractivity contribution is -0.0584. The minimum atomic E-state index is -1.71. The van der Waals surface area contributed by atoms with Gasteiger partial charge in [0, 0.05) is 0 Å². The first-order valence-corrected chi connectivity index (χ1v) is 7.05. The summed E-state index contributed by atoms with van der Waals surface area (Å²) < 4.78 is 26.3. The van der Waals surface area contributed by atoms with Crippen LogP contribution in [0, 0.1) is 12.3 Å². The lowest BCUT2D eigenvalue weighted by Gasteiger charge is -2.15. The van der Waals surface area contributed by atoms with Gasteiger partial charge in [-0.3, -0.25) is 4.57 Å². The molecule has 0 amide bonds. The van der Waals surface area contributed by atoms with Gasteiger partial charge in [0.15, 0.2) is 23.9 Å². The van der Waals surface area contributed by atoms with Gasteiger partial charge >= 0.3 is 0 Å². The van der Waals surface area contributed by atoms with Crippen LogP contribution in [-0.4, -0.2) is 56.2 Å². The van der Waals surface area contributed by atoms with E-state index >= 15 is 0 Å². The number of anilines is 1. The van der Waals surface area contributed by atoms with Crippen molar-refractivity contribution in [2.24, 2.45) is 0 Å². The molecule has 2 aromatic heterocycles. The largest absolute Gasteiger partial charge is 0.387 e. The van der Waals surface area contributed by atoms with Crippen molar-refractivity contribution in [1.82, 2.24) is 19.5 Å².